The van der Waals surface area contributed by atoms with Crippen LogP contribution in [0.5, 0.6) is 0 Å². The fourth-order valence-electron chi connectivity index (χ4n) is 2.84. The molecule has 0 N–H and O–H groups in total. The Hall–Kier alpha value is -2.07. The summed E-state index contributed by atoms with van der Waals surface area (Å²) in [6.07, 6.45) is 4.87. The van der Waals surface area contributed by atoms with E-state index in [9.17, 15) is 4.79 Å². The zero-order chi connectivity index (χ0) is 16.1. The summed E-state index contributed by atoms with van der Waals surface area (Å²) in [5.41, 5.74) is 2.23. The van der Waals surface area contributed by atoms with E-state index in [2.05, 4.69) is 16.0 Å². The van der Waals surface area contributed by atoms with Crippen molar-refractivity contribution in [1.29, 1.82) is 0 Å². The van der Waals surface area contributed by atoms with Crippen molar-refractivity contribution in [2.45, 2.75) is 12.8 Å². The van der Waals surface area contributed by atoms with Gasteiger partial charge in [-0.3, -0.25) is 9.78 Å². The molecule has 1 amide bonds. The molecular weight excluding hydrogens is 310 g/mol. The number of rotatable bonds is 4. The third-order valence-corrected chi connectivity index (χ3v) is 4.39. The lowest BCUT2D eigenvalue weighted by Gasteiger charge is -2.36. The van der Waals surface area contributed by atoms with E-state index in [0.29, 0.717) is 6.42 Å². The number of carbonyl (C=O) groups excluding carboxylic acids is 1. The first-order valence-corrected chi connectivity index (χ1v) is 8.27. The second-order valence-electron chi connectivity index (χ2n) is 5.71. The summed E-state index contributed by atoms with van der Waals surface area (Å²) in [4.78, 5) is 20.6. The fraction of sp³-hybridized carbons (Fsp3) is 0.333. The molecule has 120 valence electrons. The predicted molar refractivity (Wildman–Crippen MR) is 92.8 cm³/mol. The minimum Gasteiger partial charge on any atom is -0.368 e. The van der Waals surface area contributed by atoms with Crippen LogP contribution in [0.1, 0.15) is 12.0 Å². The summed E-state index contributed by atoms with van der Waals surface area (Å²) in [6.45, 7) is 3.22. The molecule has 0 spiro atoms. The smallest absolute Gasteiger partial charge is 0.223 e. The van der Waals surface area contributed by atoms with E-state index in [4.69, 9.17) is 11.6 Å². The van der Waals surface area contributed by atoms with E-state index in [1.54, 1.807) is 6.20 Å². The summed E-state index contributed by atoms with van der Waals surface area (Å²) in [5, 5.41) is 0.748. The van der Waals surface area contributed by atoms with E-state index in [0.717, 1.165) is 48.9 Å². The van der Waals surface area contributed by atoms with Crippen molar-refractivity contribution in [2.75, 3.05) is 31.1 Å². The normalized spacial score (nSPS) is 14.8. The van der Waals surface area contributed by atoms with Crippen LogP contribution in [-0.4, -0.2) is 42.0 Å². The van der Waals surface area contributed by atoms with Crippen LogP contribution < -0.4 is 4.90 Å². The summed E-state index contributed by atoms with van der Waals surface area (Å²) in [5.74, 6) is 0.222. The lowest BCUT2D eigenvalue weighted by Crippen LogP contribution is -2.48. The monoisotopic (exact) mass is 329 g/mol. The maximum absolute atomic E-state index is 12.3. The molecule has 0 atom stereocenters. The molecule has 23 heavy (non-hydrogen) atoms. The number of anilines is 1. The molecule has 0 saturated carbocycles. The number of pyridine rings is 1. The number of hydrogen-bond acceptors (Lipinski definition) is 3. The average molecular weight is 330 g/mol. The molecule has 1 fully saturated rings. The van der Waals surface area contributed by atoms with Gasteiger partial charge in [-0.05, 0) is 36.2 Å². The Morgan fingerprint density at radius 2 is 1.96 bits per heavy atom. The number of aromatic nitrogens is 1. The standard InChI is InChI=1S/C18H20ClN3O/c19-16-4-1-5-17(13-16)21-9-11-22(12-10-21)18(23)7-6-15-3-2-8-20-14-15/h1-5,8,13-14H,6-7,9-12H2. The van der Waals surface area contributed by atoms with Crippen LogP contribution in [0, 0.1) is 0 Å². The van der Waals surface area contributed by atoms with Crippen LogP contribution in [0.25, 0.3) is 0 Å². The number of halogens is 1. The Labute approximate surface area is 141 Å². The van der Waals surface area contributed by atoms with Gasteiger partial charge in [-0.2, -0.15) is 0 Å². The van der Waals surface area contributed by atoms with Crippen LogP contribution >= 0.6 is 11.6 Å². The van der Waals surface area contributed by atoms with Crippen molar-refractivity contribution < 1.29 is 4.79 Å². The van der Waals surface area contributed by atoms with Gasteiger partial charge in [0.15, 0.2) is 0 Å². The van der Waals surface area contributed by atoms with Gasteiger partial charge in [0.25, 0.3) is 0 Å². The Morgan fingerprint density at radius 3 is 2.65 bits per heavy atom. The predicted octanol–water partition coefficient (Wildman–Crippen LogP) is 3.02. The largest absolute Gasteiger partial charge is 0.368 e. The Morgan fingerprint density at radius 1 is 1.13 bits per heavy atom. The summed E-state index contributed by atoms with van der Waals surface area (Å²) >= 11 is 6.05. The molecule has 0 radical (unpaired) electrons. The molecule has 1 aromatic heterocycles. The number of amides is 1. The van der Waals surface area contributed by atoms with Gasteiger partial charge in [0.2, 0.25) is 5.91 Å². The number of hydrogen-bond donors (Lipinski definition) is 0. The van der Waals surface area contributed by atoms with E-state index >= 15 is 0 Å². The molecule has 2 heterocycles. The highest BCUT2D eigenvalue weighted by atomic mass is 35.5. The number of piperazine rings is 1. The quantitative estimate of drug-likeness (QED) is 0.865. The molecular formula is C18H20ClN3O. The van der Waals surface area contributed by atoms with Crippen molar-refractivity contribution in [3.05, 3.63) is 59.4 Å². The maximum Gasteiger partial charge on any atom is 0.223 e. The summed E-state index contributed by atoms with van der Waals surface area (Å²) < 4.78 is 0. The Kier molecular flexibility index (Phi) is 5.13. The zero-order valence-corrected chi connectivity index (χ0v) is 13.7. The highest BCUT2D eigenvalue weighted by molar-refractivity contribution is 6.30. The lowest BCUT2D eigenvalue weighted by molar-refractivity contribution is -0.131. The average Bonchev–Trinajstić information content (AvgIpc) is 2.61. The van der Waals surface area contributed by atoms with Gasteiger partial charge in [-0.1, -0.05) is 23.7 Å². The van der Waals surface area contributed by atoms with Gasteiger partial charge in [-0.25, -0.2) is 0 Å². The minimum absolute atomic E-state index is 0.222. The molecule has 2 aromatic rings. The molecule has 1 aliphatic rings. The number of benzene rings is 1. The van der Waals surface area contributed by atoms with E-state index in [1.165, 1.54) is 0 Å². The molecule has 0 bridgehead atoms. The van der Waals surface area contributed by atoms with Crippen LogP contribution in [0.4, 0.5) is 5.69 Å². The first-order chi connectivity index (χ1) is 11.2. The molecule has 0 unspecified atom stereocenters. The molecule has 1 saturated heterocycles. The van der Waals surface area contributed by atoms with Crippen molar-refractivity contribution in [3.63, 3.8) is 0 Å². The molecule has 3 rings (SSSR count). The minimum atomic E-state index is 0.222. The van der Waals surface area contributed by atoms with E-state index < -0.39 is 0 Å². The van der Waals surface area contributed by atoms with E-state index in [-0.39, 0.29) is 5.91 Å². The summed E-state index contributed by atoms with van der Waals surface area (Å²) in [7, 11) is 0. The van der Waals surface area contributed by atoms with Gasteiger partial charge in [0.1, 0.15) is 0 Å². The van der Waals surface area contributed by atoms with Gasteiger partial charge >= 0.3 is 0 Å². The van der Waals surface area contributed by atoms with Crippen molar-refractivity contribution in [2.24, 2.45) is 0 Å². The molecule has 1 aromatic carbocycles. The van der Waals surface area contributed by atoms with Crippen LogP contribution in [0.15, 0.2) is 48.8 Å². The zero-order valence-electron chi connectivity index (χ0n) is 13.0. The molecule has 5 heteroatoms. The molecule has 0 aliphatic carbocycles. The number of nitrogens with zero attached hydrogens (tertiary/aromatic N) is 3. The van der Waals surface area contributed by atoms with Crippen molar-refractivity contribution in [1.82, 2.24) is 9.88 Å². The Balaban J connectivity index is 1.49. The number of aryl methyl sites for hydroxylation is 1. The van der Waals surface area contributed by atoms with Crippen LogP contribution in [0.3, 0.4) is 0 Å². The molecule has 4 nitrogen and oxygen atoms in total. The van der Waals surface area contributed by atoms with E-state index in [1.807, 2.05) is 41.4 Å². The lowest BCUT2D eigenvalue weighted by atomic mass is 10.1. The van der Waals surface area contributed by atoms with Crippen molar-refractivity contribution >= 4 is 23.2 Å². The van der Waals surface area contributed by atoms with Gasteiger partial charge < -0.3 is 9.80 Å². The first-order valence-electron chi connectivity index (χ1n) is 7.89. The third kappa shape index (κ3) is 4.23. The summed E-state index contributed by atoms with van der Waals surface area (Å²) in [6, 6.07) is 11.8. The maximum atomic E-state index is 12.3. The second kappa shape index (κ2) is 7.47. The van der Waals surface area contributed by atoms with Gasteiger partial charge in [0, 0.05) is 55.7 Å². The Bertz CT molecular complexity index is 654. The first kappa shape index (κ1) is 15.8. The molecule has 1 aliphatic heterocycles. The van der Waals surface area contributed by atoms with Crippen LogP contribution in [0.2, 0.25) is 5.02 Å². The fourth-order valence-corrected chi connectivity index (χ4v) is 3.03. The third-order valence-electron chi connectivity index (χ3n) is 4.16. The van der Waals surface area contributed by atoms with Crippen molar-refractivity contribution in [3.8, 4) is 0 Å². The topological polar surface area (TPSA) is 36.4 Å². The highest BCUT2D eigenvalue weighted by Gasteiger charge is 2.21. The van der Waals surface area contributed by atoms with Crippen LogP contribution in [-0.2, 0) is 11.2 Å². The number of carbonyl (C=O) groups is 1. The SMILES string of the molecule is O=C(CCc1cccnc1)N1CCN(c2cccc(Cl)c2)CC1. The van der Waals surface area contributed by atoms with Gasteiger partial charge in [-0.15, -0.1) is 0 Å². The van der Waals surface area contributed by atoms with Gasteiger partial charge in [0.05, 0.1) is 0 Å². The highest BCUT2D eigenvalue weighted by Crippen LogP contribution is 2.21. The second-order valence-corrected chi connectivity index (χ2v) is 6.15.